The predicted molar refractivity (Wildman–Crippen MR) is 99.7 cm³/mol. The Balaban J connectivity index is 0.00000176. The third-order valence-corrected chi connectivity index (χ3v) is 3.90. The molecule has 1 saturated heterocycles. The number of nitrogens with one attached hydrogen (secondary N) is 1. The molecule has 2 aromatic rings. The number of hydrogen-bond acceptors (Lipinski definition) is 4. The molecular formula is C15H22IN5O. The molecule has 1 amide bonds. The number of nitrogens with zero attached hydrogens (tertiary/aromatic N) is 4. The summed E-state index contributed by atoms with van der Waals surface area (Å²) in [5, 5.41) is 5.02. The van der Waals surface area contributed by atoms with Crippen LogP contribution >= 0.6 is 24.0 Å². The Labute approximate surface area is 147 Å². The Morgan fingerprint density at radius 3 is 2.82 bits per heavy atom. The van der Waals surface area contributed by atoms with Crippen molar-refractivity contribution in [1.29, 1.82) is 0 Å². The van der Waals surface area contributed by atoms with Gasteiger partial charge in [-0.25, -0.2) is 14.7 Å². The number of aromatic nitrogens is 2. The van der Waals surface area contributed by atoms with Crippen molar-refractivity contribution in [2.45, 2.75) is 13.3 Å². The number of anilines is 1. The molecule has 0 radical (unpaired) electrons. The van der Waals surface area contributed by atoms with E-state index in [1.807, 2.05) is 28.9 Å². The molecule has 0 spiro atoms. The van der Waals surface area contributed by atoms with Gasteiger partial charge in [0.1, 0.15) is 0 Å². The minimum absolute atomic E-state index is 0. The summed E-state index contributed by atoms with van der Waals surface area (Å²) >= 11 is 0. The molecule has 0 atom stereocenters. The van der Waals surface area contributed by atoms with E-state index in [-0.39, 0.29) is 29.9 Å². The molecule has 1 fully saturated rings. The summed E-state index contributed by atoms with van der Waals surface area (Å²) < 4.78 is 1.92. The maximum absolute atomic E-state index is 11.8. The van der Waals surface area contributed by atoms with E-state index < -0.39 is 0 Å². The molecule has 6 nitrogen and oxygen atoms in total. The predicted octanol–water partition coefficient (Wildman–Crippen LogP) is 1.57. The zero-order chi connectivity index (χ0) is 14.8. The minimum Gasteiger partial charge on any atom is -0.339 e. The van der Waals surface area contributed by atoms with E-state index >= 15 is 0 Å². The van der Waals surface area contributed by atoms with Gasteiger partial charge < -0.3 is 10.2 Å². The first-order valence-electron chi connectivity index (χ1n) is 7.36. The molecule has 0 aliphatic carbocycles. The Morgan fingerprint density at radius 1 is 1.27 bits per heavy atom. The van der Waals surface area contributed by atoms with Gasteiger partial charge in [-0.2, -0.15) is 0 Å². The minimum atomic E-state index is -0.00708. The molecule has 2 heterocycles. The van der Waals surface area contributed by atoms with Crippen LogP contribution in [0.4, 0.5) is 5.95 Å². The van der Waals surface area contributed by atoms with Crippen LogP contribution in [0, 0.1) is 0 Å². The number of rotatable bonds is 2. The fourth-order valence-corrected chi connectivity index (χ4v) is 2.69. The first-order valence-corrected chi connectivity index (χ1v) is 7.36. The molecule has 1 aromatic carbocycles. The second-order valence-corrected chi connectivity index (χ2v) is 5.35. The van der Waals surface area contributed by atoms with Crippen LogP contribution in [-0.2, 0) is 4.79 Å². The topological polar surface area (TPSA) is 53.4 Å². The van der Waals surface area contributed by atoms with Gasteiger partial charge in [-0.1, -0.05) is 12.1 Å². The normalized spacial score (nSPS) is 15.3. The fraction of sp³-hybridized carbons (Fsp3) is 0.467. The molecule has 1 aliphatic heterocycles. The SMILES string of the molecule is CC(=O)N(C)n1c(N2CCCNCC2)nc2ccccc21.I. The molecule has 22 heavy (non-hydrogen) atoms. The van der Waals surface area contributed by atoms with Crippen molar-refractivity contribution >= 4 is 46.9 Å². The van der Waals surface area contributed by atoms with Gasteiger partial charge in [-0.15, -0.1) is 24.0 Å². The second-order valence-electron chi connectivity index (χ2n) is 5.35. The fourth-order valence-electron chi connectivity index (χ4n) is 2.69. The van der Waals surface area contributed by atoms with E-state index in [1.165, 1.54) is 0 Å². The Bertz CT molecular complexity index is 648. The highest BCUT2D eigenvalue weighted by Gasteiger charge is 2.21. The summed E-state index contributed by atoms with van der Waals surface area (Å²) in [6, 6.07) is 7.93. The van der Waals surface area contributed by atoms with E-state index in [1.54, 1.807) is 19.0 Å². The summed E-state index contributed by atoms with van der Waals surface area (Å²) in [6.45, 7) is 5.38. The lowest BCUT2D eigenvalue weighted by Crippen LogP contribution is -2.39. The third kappa shape index (κ3) is 3.19. The molecule has 1 aliphatic rings. The summed E-state index contributed by atoms with van der Waals surface area (Å²) in [6.07, 6.45) is 1.08. The lowest BCUT2D eigenvalue weighted by atomic mass is 10.3. The number of halogens is 1. The lowest BCUT2D eigenvalue weighted by Gasteiger charge is -2.26. The number of amides is 1. The van der Waals surface area contributed by atoms with Crippen molar-refractivity contribution in [1.82, 2.24) is 15.0 Å². The largest absolute Gasteiger partial charge is 0.339 e. The number of carbonyl (C=O) groups is 1. The molecule has 7 heteroatoms. The standard InChI is InChI=1S/C15H21N5O.HI/c1-12(21)18(2)20-14-7-4-3-6-13(14)17-15(20)19-10-5-8-16-9-11-19;/h3-4,6-7,16H,5,8-11H2,1-2H3;1H. The summed E-state index contributed by atoms with van der Waals surface area (Å²) in [7, 11) is 1.79. The zero-order valence-electron chi connectivity index (χ0n) is 13.0. The quantitative estimate of drug-likeness (QED) is 0.757. The molecular weight excluding hydrogens is 393 g/mol. The average molecular weight is 415 g/mol. The monoisotopic (exact) mass is 415 g/mol. The van der Waals surface area contributed by atoms with E-state index in [0.29, 0.717) is 0 Å². The van der Waals surface area contributed by atoms with Gasteiger partial charge in [0.15, 0.2) is 0 Å². The van der Waals surface area contributed by atoms with Crippen molar-refractivity contribution in [3.63, 3.8) is 0 Å². The number of imidazole rings is 1. The first kappa shape index (κ1) is 17.0. The van der Waals surface area contributed by atoms with E-state index in [4.69, 9.17) is 4.98 Å². The van der Waals surface area contributed by atoms with Crippen LogP contribution in [-0.4, -0.2) is 48.8 Å². The summed E-state index contributed by atoms with van der Waals surface area (Å²) in [5.41, 5.74) is 1.88. The number of hydrogen-bond donors (Lipinski definition) is 1. The number of fused-ring (bicyclic) bond motifs is 1. The number of para-hydroxylation sites is 2. The Kier molecular flexibility index (Phi) is 5.63. The van der Waals surface area contributed by atoms with Crippen molar-refractivity contribution in [3.8, 4) is 0 Å². The van der Waals surface area contributed by atoms with Gasteiger partial charge in [-0.05, 0) is 25.1 Å². The van der Waals surface area contributed by atoms with Gasteiger partial charge in [-0.3, -0.25) is 4.79 Å². The highest BCUT2D eigenvalue weighted by molar-refractivity contribution is 14.0. The van der Waals surface area contributed by atoms with Gasteiger partial charge in [0.2, 0.25) is 11.9 Å². The molecule has 120 valence electrons. The van der Waals surface area contributed by atoms with Crippen LogP contribution in [0.3, 0.4) is 0 Å². The van der Waals surface area contributed by atoms with Crippen molar-refractivity contribution in [3.05, 3.63) is 24.3 Å². The molecule has 0 unspecified atom stereocenters. The van der Waals surface area contributed by atoms with Crippen LogP contribution < -0.4 is 15.2 Å². The molecule has 0 bridgehead atoms. The van der Waals surface area contributed by atoms with Gasteiger partial charge in [0.05, 0.1) is 11.0 Å². The van der Waals surface area contributed by atoms with Crippen LogP contribution in [0.1, 0.15) is 13.3 Å². The van der Waals surface area contributed by atoms with E-state index in [0.717, 1.165) is 49.6 Å². The number of benzene rings is 1. The van der Waals surface area contributed by atoms with Gasteiger partial charge in [0, 0.05) is 33.6 Å². The summed E-state index contributed by atoms with van der Waals surface area (Å²) in [5.74, 6) is 0.838. The highest BCUT2D eigenvalue weighted by atomic mass is 127. The van der Waals surface area contributed by atoms with Crippen LogP contribution in [0.15, 0.2) is 24.3 Å². The average Bonchev–Trinajstić information content (AvgIpc) is 2.67. The smallest absolute Gasteiger partial charge is 0.238 e. The zero-order valence-corrected chi connectivity index (χ0v) is 15.3. The Morgan fingerprint density at radius 2 is 2.05 bits per heavy atom. The molecule has 1 aromatic heterocycles. The third-order valence-electron chi connectivity index (χ3n) is 3.90. The van der Waals surface area contributed by atoms with Gasteiger partial charge in [0.25, 0.3) is 0 Å². The van der Waals surface area contributed by atoms with Crippen molar-refractivity contribution < 1.29 is 4.79 Å². The first-order chi connectivity index (χ1) is 10.2. The molecule has 3 rings (SSSR count). The second kappa shape index (κ2) is 7.28. The van der Waals surface area contributed by atoms with E-state index in [2.05, 4.69) is 10.2 Å². The van der Waals surface area contributed by atoms with Crippen molar-refractivity contribution in [2.75, 3.05) is 43.1 Å². The van der Waals surface area contributed by atoms with Gasteiger partial charge >= 0.3 is 0 Å². The maximum Gasteiger partial charge on any atom is 0.238 e. The van der Waals surface area contributed by atoms with Crippen molar-refractivity contribution in [2.24, 2.45) is 0 Å². The molecule has 0 saturated carbocycles. The van der Waals surface area contributed by atoms with Crippen LogP contribution in [0.5, 0.6) is 0 Å². The Hall–Kier alpha value is -1.35. The van der Waals surface area contributed by atoms with E-state index in [9.17, 15) is 4.79 Å². The van der Waals surface area contributed by atoms with Crippen LogP contribution in [0.25, 0.3) is 11.0 Å². The number of carbonyl (C=O) groups excluding carboxylic acids is 1. The maximum atomic E-state index is 11.8. The summed E-state index contributed by atoms with van der Waals surface area (Å²) in [4.78, 5) is 18.8. The highest BCUT2D eigenvalue weighted by Crippen LogP contribution is 2.23. The lowest BCUT2D eigenvalue weighted by molar-refractivity contribution is -0.117. The molecule has 1 N–H and O–H groups in total. The van der Waals surface area contributed by atoms with Crippen LogP contribution in [0.2, 0.25) is 0 Å².